The van der Waals surface area contributed by atoms with Gasteiger partial charge >= 0.3 is 5.97 Å². The Hall–Kier alpha value is -2.30. The minimum atomic E-state index is -0.706. The number of hydrogen-bond donors (Lipinski definition) is 1. The summed E-state index contributed by atoms with van der Waals surface area (Å²) >= 11 is 5.92. The average Bonchev–Trinajstić information content (AvgIpc) is 2.61. The van der Waals surface area contributed by atoms with Crippen LogP contribution in [0, 0.1) is 5.92 Å². The lowest BCUT2D eigenvalue weighted by molar-refractivity contribution is -0.147. The summed E-state index contributed by atoms with van der Waals surface area (Å²) in [5.74, 6) is -0.0773. The number of allylic oxidation sites excluding steroid dienone is 1. The Morgan fingerprint density at radius 1 is 1.22 bits per heavy atom. The molecule has 0 unspecified atom stereocenters. The summed E-state index contributed by atoms with van der Waals surface area (Å²) in [4.78, 5) is 13.1. The highest BCUT2D eigenvalue weighted by atomic mass is 35.5. The fourth-order valence-corrected chi connectivity index (χ4v) is 3.28. The first kappa shape index (κ1) is 19.5. The molecule has 5 heteroatoms. The molecule has 0 aromatic heterocycles. The normalized spacial score (nSPS) is 15.0. The molecular weight excluding hydrogens is 362 g/mol. The van der Waals surface area contributed by atoms with Gasteiger partial charge in [-0.2, -0.15) is 0 Å². The minimum Gasteiger partial charge on any atom is -0.493 e. The van der Waals surface area contributed by atoms with Crippen LogP contribution in [0.3, 0.4) is 0 Å². The molecule has 0 spiro atoms. The van der Waals surface area contributed by atoms with Crippen molar-refractivity contribution in [2.45, 2.75) is 19.9 Å². The van der Waals surface area contributed by atoms with Crippen LogP contribution in [0.5, 0.6) is 5.75 Å². The topological polar surface area (TPSA) is 49.8 Å². The number of hydrogen-bond acceptors (Lipinski definition) is 3. The van der Waals surface area contributed by atoms with Crippen LogP contribution in [0.25, 0.3) is 6.08 Å². The van der Waals surface area contributed by atoms with E-state index in [1.165, 1.54) is 5.56 Å². The van der Waals surface area contributed by atoms with Gasteiger partial charge in [-0.15, -0.1) is 0 Å². The van der Waals surface area contributed by atoms with E-state index in [0.717, 1.165) is 34.9 Å². The van der Waals surface area contributed by atoms with Crippen LogP contribution in [0.2, 0.25) is 5.02 Å². The van der Waals surface area contributed by atoms with Crippen molar-refractivity contribution in [1.82, 2.24) is 4.90 Å². The molecule has 1 saturated heterocycles. The molecule has 27 heavy (non-hydrogen) atoms. The lowest BCUT2D eigenvalue weighted by Crippen LogP contribution is -2.49. The first-order valence-corrected chi connectivity index (χ1v) is 9.55. The predicted molar refractivity (Wildman–Crippen MR) is 108 cm³/mol. The molecule has 2 aromatic carbocycles. The van der Waals surface area contributed by atoms with E-state index < -0.39 is 5.97 Å². The highest BCUT2D eigenvalue weighted by Gasteiger charge is 2.32. The molecule has 142 valence electrons. The fraction of sp³-hybridized carbons (Fsp3) is 0.318. The highest BCUT2D eigenvalue weighted by molar-refractivity contribution is 6.30. The molecule has 1 aliphatic rings. The molecule has 2 aromatic rings. The summed E-state index contributed by atoms with van der Waals surface area (Å²) in [5, 5.41) is 9.73. The minimum absolute atomic E-state index is 0.230. The summed E-state index contributed by atoms with van der Waals surface area (Å²) in [5.41, 5.74) is 3.38. The second-order valence-corrected chi connectivity index (χ2v) is 7.20. The van der Waals surface area contributed by atoms with E-state index in [2.05, 4.69) is 35.3 Å². The summed E-state index contributed by atoms with van der Waals surface area (Å²) < 4.78 is 5.81. The number of aliphatic carboxylic acids is 1. The van der Waals surface area contributed by atoms with Gasteiger partial charge in [0.25, 0.3) is 0 Å². The maximum Gasteiger partial charge on any atom is 0.309 e. The van der Waals surface area contributed by atoms with Crippen LogP contribution < -0.4 is 4.74 Å². The molecule has 0 aliphatic carbocycles. The third kappa shape index (κ3) is 5.34. The van der Waals surface area contributed by atoms with Gasteiger partial charge in [0.05, 0.1) is 12.5 Å². The van der Waals surface area contributed by atoms with E-state index in [4.69, 9.17) is 21.4 Å². The molecule has 0 radical (unpaired) electrons. The lowest BCUT2D eigenvalue weighted by atomic mass is 9.99. The largest absolute Gasteiger partial charge is 0.493 e. The van der Waals surface area contributed by atoms with E-state index >= 15 is 0 Å². The first-order chi connectivity index (χ1) is 13.0. The van der Waals surface area contributed by atoms with Crippen molar-refractivity contribution in [2.24, 2.45) is 5.92 Å². The van der Waals surface area contributed by atoms with Gasteiger partial charge in [-0.1, -0.05) is 48.0 Å². The Balaban J connectivity index is 1.63. The van der Waals surface area contributed by atoms with Gasteiger partial charge in [0.15, 0.2) is 0 Å². The Labute approximate surface area is 165 Å². The molecule has 3 rings (SSSR count). The quantitative estimate of drug-likeness (QED) is 0.726. The van der Waals surface area contributed by atoms with Crippen LogP contribution in [0.15, 0.2) is 48.5 Å². The summed E-state index contributed by atoms with van der Waals surface area (Å²) in [6, 6.07) is 14.0. The third-order valence-corrected chi connectivity index (χ3v) is 4.91. The lowest BCUT2D eigenvalue weighted by Gasteiger charge is -2.36. The van der Waals surface area contributed by atoms with Gasteiger partial charge in [0.1, 0.15) is 5.75 Å². The predicted octanol–water partition coefficient (Wildman–Crippen LogP) is 4.51. The molecule has 0 atom stereocenters. The molecule has 0 bridgehead atoms. The monoisotopic (exact) mass is 385 g/mol. The number of ether oxygens (including phenoxy) is 1. The molecule has 4 nitrogen and oxygen atoms in total. The van der Waals surface area contributed by atoms with Crippen LogP contribution in [-0.4, -0.2) is 35.7 Å². The first-order valence-electron chi connectivity index (χ1n) is 9.17. The smallest absolute Gasteiger partial charge is 0.309 e. The zero-order valence-corrected chi connectivity index (χ0v) is 16.2. The summed E-state index contributed by atoms with van der Waals surface area (Å²) in [7, 11) is 0. The van der Waals surface area contributed by atoms with Crippen molar-refractivity contribution < 1.29 is 14.6 Å². The zero-order valence-electron chi connectivity index (χ0n) is 15.4. The van der Waals surface area contributed by atoms with Gasteiger partial charge in [-0.05, 0) is 42.7 Å². The summed E-state index contributed by atoms with van der Waals surface area (Å²) in [6.45, 7) is 4.55. The maximum absolute atomic E-state index is 10.9. The third-order valence-electron chi connectivity index (χ3n) is 4.65. The number of carboxylic acids is 1. The van der Waals surface area contributed by atoms with E-state index in [9.17, 15) is 4.79 Å². The second kappa shape index (κ2) is 9.07. The van der Waals surface area contributed by atoms with Gasteiger partial charge in [-0.25, -0.2) is 0 Å². The van der Waals surface area contributed by atoms with E-state index in [0.29, 0.717) is 19.7 Å². The van der Waals surface area contributed by atoms with Crippen molar-refractivity contribution in [1.29, 1.82) is 0 Å². The van der Waals surface area contributed by atoms with E-state index in [-0.39, 0.29) is 5.92 Å². The number of likely N-dealkylation sites (tertiary alicyclic amines) is 1. The number of nitrogens with zero attached hydrogens (tertiary/aromatic N) is 1. The fourth-order valence-electron chi connectivity index (χ4n) is 3.15. The second-order valence-electron chi connectivity index (χ2n) is 6.77. The Morgan fingerprint density at radius 2 is 1.93 bits per heavy atom. The van der Waals surface area contributed by atoms with Crippen LogP contribution in [-0.2, 0) is 17.8 Å². The van der Waals surface area contributed by atoms with Gasteiger partial charge in [-0.3, -0.25) is 9.69 Å². The number of rotatable bonds is 8. The molecular formula is C22H24ClNO3. The zero-order chi connectivity index (χ0) is 19.2. The van der Waals surface area contributed by atoms with Crippen molar-refractivity contribution in [2.75, 3.05) is 19.7 Å². The van der Waals surface area contributed by atoms with Gasteiger partial charge < -0.3 is 9.84 Å². The maximum atomic E-state index is 10.9. The van der Waals surface area contributed by atoms with Crippen molar-refractivity contribution in [3.05, 3.63) is 70.3 Å². The van der Waals surface area contributed by atoms with E-state index in [1.807, 2.05) is 31.2 Å². The molecule has 0 saturated carbocycles. The molecule has 1 heterocycles. The number of halogens is 1. The SMILES string of the molecule is CCOc1cc(CN2CC(C(=O)O)C2)ccc1/C=C\Cc1ccc(Cl)cc1. The summed E-state index contributed by atoms with van der Waals surface area (Å²) in [6.07, 6.45) is 5.02. The average molecular weight is 386 g/mol. The van der Waals surface area contributed by atoms with Crippen LogP contribution in [0.1, 0.15) is 23.6 Å². The van der Waals surface area contributed by atoms with Crippen molar-refractivity contribution >= 4 is 23.6 Å². The van der Waals surface area contributed by atoms with Gasteiger partial charge in [0.2, 0.25) is 0 Å². The van der Waals surface area contributed by atoms with Crippen molar-refractivity contribution in [3.63, 3.8) is 0 Å². The number of carboxylic acid groups (broad SMARTS) is 1. The Bertz CT molecular complexity index is 811. The van der Waals surface area contributed by atoms with Crippen LogP contribution in [0.4, 0.5) is 0 Å². The molecule has 1 aliphatic heterocycles. The molecule has 1 N–H and O–H groups in total. The molecule has 1 fully saturated rings. The number of carbonyl (C=O) groups is 1. The van der Waals surface area contributed by atoms with E-state index in [1.54, 1.807) is 0 Å². The Morgan fingerprint density at radius 3 is 2.59 bits per heavy atom. The number of benzene rings is 2. The highest BCUT2D eigenvalue weighted by Crippen LogP contribution is 2.25. The standard InChI is InChI=1S/C22H24ClNO3/c1-2-27-21-12-17(13-24-14-19(15-24)22(25)26)6-9-18(21)5-3-4-16-7-10-20(23)11-8-16/h3,5-12,19H,2,4,13-15H2,1H3,(H,25,26)/b5-3-. The van der Waals surface area contributed by atoms with Crippen molar-refractivity contribution in [3.8, 4) is 5.75 Å². The Kier molecular flexibility index (Phi) is 6.54. The van der Waals surface area contributed by atoms with Crippen LogP contribution >= 0.6 is 11.6 Å². The van der Waals surface area contributed by atoms with Gasteiger partial charge in [0, 0.05) is 30.2 Å². The molecule has 0 amide bonds.